The first-order valence-electron chi connectivity index (χ1n) is 7.53. The number of rotatable bonds is 5. The zero-order valence-electron chi connectivity index (χ0n) is 13.7. The summed E-state index contributed by atoms with van der Waals surface area (Å²) in [4.78, 5) is 23.5. The second-order valence-corrected chi connectivity index (χ2v) is 6.41. The minimum Gasteiger partial charge on any atom is -0.348 e. The molecule has 1 fully saturated rings. The predicted octanol–water partition coefficient (Wildman–Crippen LogP) is 2.31. The predicted molar refractivity (Wildman–Crippen MR) is 93.7 cm³/mol. The molecule has 7 heteroatoms. The van der Waals surface area contributed by atoms with Crippen molar-refractivity contribution in [2.45, 2.75) is 51.2 Å². The highest BCUT2D eigenvalue weighted by Gasteiger charge is 2.24. The Balaban J connectivity index is 0.00000264. The first-order valence-corrected chi connectivity index (χ1v) is 7.53. The van der Waals surface area contributed by atoms with Crippen LogP contribution in [0.2, 0.25) is 0 Å². The largest absolute Gasteiger partial charge is 0.348 e. The third-order valence-corrected chi connectivity index (χ3v) is 3.51. The maximum Gasteiger partial charge on any atom is 0.319 e. The van der Waals surface area contributed by atoms with Crippen LogP contribution >= 0.6 is 12.4 Å². The summed E-state index contributed by atoms with van der Waals surface area (Å²) in [5.74, 6) is -0.203. The fourth-order valence-corrected chi connectivity index (χ4v) is 1.90. The first kappa shape index (κ1) is 19.3. The molecule has 1 aromatic carbocycles. The van der Waals surface area contributed by atoms with E-state index in [9.17, 15) is 9.59 Å². The van der Waals surface area contributed by atoms with Gasteiger partial charge in [-0.3, -0.25) is 4.79 Å². The van der Waals surface area contributed by atoms with Crippen molar-refractivity contribution < 1.29 is 9.59 Å². The van der Waals surface area contributed by atoms with E-state index in [-0.39, 0.29) is 30.4 Å². The Morgan fingerprint density at radius 2 is 1.78 bits per heavy atom. The number of urea groups is 1. The molecule has 0 aromatic heterocycles. The van der Waals surface area contributed by atoms with E-state index in [4.69, 9.17) is 5.73 Å². The molecule has 1 saturated carbocycles. The molecule has 1 aliphatic carbocycles. The van der Waals surface area contributed by atoms with Gasteiger partial charge < -0.3 is 21.7 Å². The van der Waals surface area contributed by atoms with Crippen LogP contribution in [0.4, 0.5) is 10.5 Å². The van der Waals surface area contributed by atoms with E-state index < -0.39 is 5.54 Å². The molecule has 1 unspecified atom stereocenters. The molecular weight excluding hydrogens is 316 g/mol. The van der Waals surface area contributed by atoms with E-state index in [2.05, 4.69) is 16.0 Å². The van der Waals surface area contributed by atoms with Gasteiger partial charge in [0.15, 0.2) is 0 Å². The first-order chi connectivity index (χ1) is 10.3. The van der Waals surface area contributed by atoms with Crippen molar-refractivity contribution >= 4 is 30.0 Å². The highest BCUT2D eigenvalue weighted by atomic mass is 35.5. The lowest BCUT2D eigenvalue weighted by molar-refractivity contribution is -0.125. The fraction of sp³-hybridized carbons (Fsp3) is 0.500. The number of carbonyl (C=O) groups is 2. The third kappa shape index (κ3) is 6.08. The maximum atomic E-state index is 11.9. The van der Waals surface area contributed by atoms with E-state index >= 15 is 0 Å². The van der Waals surface area contributed by atoms with Crippen LogP contribution in [-0.2, 0) is 4.79 Å². The van der Waals surface area contributed by atoms with Crippen LogP contribution in [0.3, 0.4) is 0 Å². The van der Waals surface area contributed by atoms with Crippen LogP contribution in [0.1, 0.15) is 45.2 Å². The maximum absolute atomic E-state index is 11.9. The van der Waals surface area contributed by atoms with E-state index in [0.717, 1.165) is 24.1 Å². The van der Waals surface area contributed by atoms with Gasteiger partial charge in [0.1, 0.15) is 0 Å². The summed E-state index contributed by atoms with van der Waals surface area (Å²) in [7, 11) is 0. The minimum atomic E-state index is -0.906. The van der Waals surface area contributed by atoms with Crippen LogP contribution in [0, 0.1) is 0 Å². The van der Waals surface area contributed by atoms with Crippen molar-refractivity contribution in [1.29, 1.82) is 0 Å². The number of anilines is 1. The van der Waals surface area contributed by atoms with Gasteiger partial charge >= 0.3 is 6.03 Å². The van der Waals surface area contributed by atoms with Crippen molar-refractivity contribution in [3.05, 3.63) is 29.8 Å². The Morgan fingerprint density at radius 1 is 1.22 bits per heavy atom. The lowest BCUT2D eigenvalue weighted by Crippen LogP contribution is -2.49. The average molecular weight is 341 g/mol. The molecule has 128 valence electrons. The van der Waals surface area contributed by atoms with Crippen molar-refractivity contribution in [2.75, 3.05) is 5.32 Å². The lowest BCUT2D eigenvalue weighted by Gasteiger charge is -2.22. The van der Waals surface area contributed by atoms with Crippen LogP contribution in [-0.4, -0.2) is 23.5 Å². The number of nitrogens with two attached hydrogens (primary N) is 1. The Hall–Kier alpha value is -1.79. The second-order valence-electron chi connectivity index (χ2n) is 6.41. The molecule has 2 rings (SSSR count). The van der Waals surface area contributed by atoms with Crippen molar-refractivity contribution in [3.63, 3.8) is 0 Å². The molecule has 1 aliphatic rings. The Kier molecular flexibility index (Phi) is 6.41. The van der Waals surface area contributed by atoms with Crippen molar-refractivity contribution in [1.82, 2.24) is 10.6 Å². The Bertz CT molecular complexity index is 550. The number of carbonyl (C=O) groups excluding carboxylic acids is 2. The normalized spacial score (nSPS) is 15.1. The molecule has 1 atom stereocenters. The molecule has 6 nitrogen and oxygen atoms in total. The van der Waals surface area contributed by atoms with E-state index in [1.165, 1.54) is 0 Å². The van der Waals surface area contributed by atoms with Gasteiger partial charge in [-0.05, 0) is 51.3 Å². The number of nitrogens with one attached hydrogen (secondary N) is 3. The zero-order valence-corrected chi connectivity index (χ0v) is 14.5. The summed E-state index contributed by atoms with van der Waals surface area (Å²) in [6.07, 6.45) is 2.11. The fourth-order valence-electron chi connectivity index (χ4n) is 1.90. The number of hydrogen-bond acceptors (Lipinski definition) is 3. The Morgan fingerprint density at radius 3 is 2.26 bits per heavy atom. The average Bonchev–Trinajstić information content (AvgIpc) is 3.22. The van der Waals surface area contributed by atoms with E-state index in [1.807, 2.05) is 31.2 Å². The number of amides is 3. The molecule has 1 aromatic rings. The van der Waals surface area contributed by atoms with Gasteiger partial charge in [0.05, 0.1) is 11.6 Å². The van der Waals surface area contributed by atoms with Crippen molar-refractivity contribution in [2.24, 2.45) is 5.73 Å². The smallest absolute Gasteiger partial charge is 0.319 e. The molecular formula is C16H25ClN4O2. The monoisotopic (exact) mass is 340 g/mol. The summed E-state index contributed by atoms with van der Waals surface area (Å²) in [6.45, 7) is 5.23. The van der Waals surface area contributed by atoms with Crippen molar-refractivity contribution in [3.8, 4) is 0 Å². The quantitative estimate of drug-likeness (QED) is 0.662. The molecule has 23 heavy (non-hydrogen) atoms. The zero-order chi connectivity index (χ0) is 16.3. The molecule has 0 saturated heterocycles. The van der Waals surface area contributed by atoms with Gasteiger partial charge in [-0.2, -0.15) is 0 Å². The SMILES string of the molecule is CC(NC(=O)C(C)(C)N)c1ccc(NC(=O)NC2CC2)cc1.Cl. The van der Waals surface area contributed by atoms with Gasteiger partial charge in [0.25, 0.3) is 0 Å². The summed E-state index contributed by atoms with van der Waals surface area (Å²) >= 11 is 0. The molecule has 0 radical (unpaired) electrons. The molecule has 0 aliphatic heterocycles. The lowest BCUT2D eigenvalue weighted by atomic mass is 10.0. The molecule has 3 amide bonds. The Labute approximate surface area is 143 Å². The van der Waals surface area contributed by atoms with E-state index in [0.29, 0.717) is 6.04 Å². The summed E-state index contributed by atoms with van der Waals surface area (Å²) in [5, 5.41) is 8.52. The standard InChI is InChI=1S/C16H24N4O2.ClH/c1-10(18-14(21)16(2,3)17)11-4-6-12(7-5-11)19-15(22)20-13-8-9-13;/h4-7,10,13H,8-9,17H2,1-3H3,(H,18,21)(H2,19,20,22);1H. The topological polar surface area (TPSA) is 96.2 Å². The summed E-state index contributed by atoms with van der Waals surface area (Å²) in [6, 6.07) is 7.39. The minimum absolute atomic E-state index is 0. The number of hydrogen-bond donors (Lipinski definition) is 4. The molecule has 0 spiro atoms. The van der Waals surface area contributed by atoms with Gasteiger partial charge in [-0.15, -0.1) is 12.4 Å². The van der Waals surface area contributed by atoms with Crippen LogP contribution in [0.25, 0.3) is 0 Å². The third-order valence-electron chi connectivity index (χ3n) is 3.51. The highest BCUT2D eigenvalue weighted by Crippen LogP contribution is 2.20. The summed E-state index contributed by atoms with van der Waals surface area (Å²) in [5.41, 5.74) is 6.53. The van der Waals surface area contributed by atoms with E-state index in [1.54, 1.807) is 13.8 Å². The second kappa shape index (κ2) is 7.66. The number of benzene rings is 1. The molecule has 5 N–H and O–H groups in total. The summed E-state index contributed by atoms with van der Waals surface area (Å²) < 4.78 is 0. The van der Waals surface area contributed by atoms with Gasteiger partial charge in [0.2, 0.25) is 5.91 Å². The molecule has 0 heterocycles. The van der Waals surface area contributed by atoms with Crippen LogP contribution in [0.15, 0.2) is 24.3 Å². The highest BCUT2D eigenvalue weighted by molar-refractivity contribution is 5.89. The van der Waals surface area contributed by atoms with Gasteiger partial charge in [0, 0.05) is 11.7 Å². The van der Waals surface area contributed by atoms with Gasteiger partial charge in [-0.25, -0.2) is 4.79 Å². The van der Waals surface area contributed by atoms with Crippen LogP contribution in [0.5, 0.6) is 0 Å². The van der Waals surface area contributed by atoms with Gasteiger partial charge in [-0.1, -0.05) is 12.1 Å². The molecule has 0 bridgehead atoms. The number of halogens is 1. The van der Waals surface area contributed by atoms with Crippen LogP contribution < -0.4 is 21.7 Å².